The number of benzene rings is 4. The van der Waals surface area contributed by atoms with Gasteiger partial charge in [0.05, 0.1) is 35.9 Å². The molecule has 0 bridgehead atoms. The van der Waals surface area contributed by atoms with Crippen molar-refractivity contribution in [1.82, 2.24) is 0 Å². The molecule has 0 unspecified atom stereocenters. The van der Waals surface area contributed by atoms with E-state index in [2.05, 4.69) is 0 Å². The molecule has 250 valence electrons. The summed E-state index contributed by atoms with van der Waals surface area (Å²) in [5.41, 5.74) is 11.9. The van der Waals surface area contributed by atoms with Gasteiger partial charge in [0.2, 0.25) is 0 Å². The Bertz CT molecular complexity index is 1720. The van der Waals surface area contributed by atoms with E-state index in [0.29, 0.717) is 24.0 Å². The number of carbonyl (C=O) groups is 4. The third-order valence-corrected chi connectivity index (χ3v) is 8.59. The van der Waals surface area contributed by atoms with Crippen LogP contribution in [0.25, 0.3) is 22.3 Å². The van der Waals surface area contributed by atoms with Crippen molar-refractivity contribution in [2.45, 2.75) is 68.2 Å². The number of carbonyl (C=O) groups excluding carboxylic acids is 3. The number of aromatic carboxylic acids is 2. The van der Waals surface area contributed by atoms with Gasteiger partial charge in [-0.25, -0.2) is 14.4 Å². The molecule has 0 saturated carbocycles. The number of hydrogen-bond donors (Lipinski definition) is 1. The minimum Gasteiger partial charge on any atom is -0.545 e. The Morgan fingerprint density at radius 2 is 0.729 bits per heavy atom. The molecule has 0 heterocycles. The molecule has 1 N–H and O–H groups in total. The Labute approximate surface area is 281 Å². The van der Waals surface area contributed by atoms with Crippen molar-refractivity contribution in [3.63, 3.8) is 0 Å². The summed E-state index contributed by atoms with van der Waals surface area (Å²) < 4.78 is 11.0. The number of carboxylic acid groups (broad SMARTS) is 2. The molecular weight excluding hydrogens is 608 g/mol. The summed E-state index contributed by atoms with van der Waals surface area (Å²) in [6.45, 7) is 15.5. The number of ether oxygens (including phenoxy) is 2. The fraction of sp³-hybridized carbons (Fsp3) is 0.300. The minimum atomic E-state index is -1.22. The highest BCUT2D eigenvalue weighted by Gasteiger charge is 2.19. The average molecular weight is 650 g/mol. The number of unbranched alkanes of at least 4 members (excludes halogenated alkanes) is 1. The van der Waals surface area contributed by atoms with E-state index in [1.54, 1.807) is 48.5 Å². The molecule has 8 nitrogen and oxygen atoms in total. The highest BCUT2D eigenvalue weighted by molar-refractivity contribution is 5.94. The molecule has 0 fully saturated rings. The van der Waals surface area contributed by atoms with Crippen LogP contribution in [0, 0.1) is 55.4 Å². The lowest BCUT2D eigenvalue weighted by molar-refractivity contribution is -0.255. The second-order valence-electron chi connectivity index (χ2n) is 12.5. The van der Waals surface area contributed by atoms with Crippen LogP contribution in [0.4, 0.5) is 0 Å². The van der Waals surface area contributed by atoms with Crippen molar-refractivity contribution in [2.75, 3.05) is 13.2 Å². The third kappa shape index (κ3) is 7.65. The standard InChI is InChI=1S/C40H42O8/c1-21-13-29(37(41)42)14-22(2)33(21)35-25(5)17-31(18-26(35)6)39(45)47-11-9-10-12-48-40(46)32-19-27(7)36(28(8)20-32)34-23(3)15-30(38(43)44)16-24(34)4/h13-20H,9-12H2,1-8H3,(H,41,42)(H,43,44)/p-1. The van der Waals surface area contributed by atoms with Crippen molar-refractivity contribution in [3.05, 3.63) is 115 Å². The summed E-state index contributed by atoms with van der Waals surface area (Å²) in [7, 11) is 0. The lowest BCUT2D eigenvalue weighted by atomic mass is 9.87. The van der Waals surface area contributed by atoms with Crippen LogP contribution in [0.2, 0.25) is 0 Å². The van der Waals surface area contributed by atoms with Crippen LogP contribution in [0.1, 0.15) is 98.8 Å². The Balaban J connectivity index is 1.32. The maximum Gasteiger partial charge on any atom is 0.338 e. The van der Waals surface area contributed by atoms with Crippen LogP contribution in [0.3, 0.4) is 0 Å². The second kappa shape index (κ2) is 14.7. The largest absolute Gasteiger partial charge is 0.545 e. The van der Waals surface area contributed by atoms with Crippen molar-refractivity contribution in [1.29, 1.82) is 0 Å². The Kier molecular flexibility index (Phi) is 10.9. The monoisotopic (exact) mass is 649 g/mol. The third-order valence-electron chi connectivity index (χ3n) is 8.59. The summed E-state index contributed by atoms with van der Waals surface area (Å²) in [4.78, 5) is 48.5. The number of esters is 2. The van der Waals surface area contributed by atoms with Crippen LogP contribution in [0.5, 0.6) is 0 Å². The fourth-order valence-corrected chi connectivity index (χ4v) is 6.61. The quantitative estimate of drug-likeness (QED) is 0.132. The summed E-state index contributed by atoms with van der Waals surface area (Å²) >= 11 is 0. The molecule has 0 spiro atoms. The second-order valence-corrected chi connectivity index (χ2v) is 12.5. The van der Waals surface area contributed by atoms with Gasteiger partial charge in [0.25, 0.3) is 0 Å². The first-order valence-electron chi connectivity index (χ1n) is 15.8. The molecule has 48 heavy (non-hydrogen) atoms. The van der Waals surface area contributed by atoms with Crippen LogP contribution >= 0.6 is 0 Å². The normalized spacial score (nSPS) is 10.9. The van der Waals surface area contributed by atoms with Gasteiger partial charge in [-0.3, -0.25) is 0 Å². The van der Waals surface area contributed by atoms with Crippen LogP contribution < -0.4 is 5.11 Å². The molecule has 0 aliphatic rings. The van der Waals surface area contributed by atoms with Crippen LogP contribution in [-0.2, 0) is 9.47 Å². The topological polar surface area (TPSA) is 130 Å². The zero-order chi connectivity index (χ0) is 35.4. The van der Waals surface area contributed by atoms with Gasteiger partial charge in [0, 0.05) is 0 Å². The smallest absolute Gasteiger partial charge is 0.338 e. The molecular formula is C40H41O8-. The summed E-state index contributed by atoms with van der Waals surface area (Å²) in [6, 6.07) is 13.7. The molecule has 8 heteroatoms. The first-order valence-corrected chi connectivity index (χ1v) is 15.8. The van der Waals surface area contributed by atoms with Gasteiger partial charge in [-0.15, -0.1) is 0 Å². The molecule has 0 aliphatic heterocycles. The van der Waals surface area contributed by atoms with Gasteiger partial charge in [-0.2, -0.15) is 0 Å². The van der Waals surface area contributed by atoms with E-state index in [0.717, 1.165) is 66.8 Å². The fourth-order valence-electron chi connectivity index (χ4n) is 6.61. The number of aryl methyl sites for hydroxylation is 8. The Hall–Kier alpha value is -5.24. The van der Waals surface area contributed by atoms with Gasteiger partial charge < -0.3 is 24.5 Å². The first kappa shape index (κ1) is 35.6. The molecule has 0 aliphatic carbocycles. The van der Waals surface area contributed by atoms with Gasteiger partial charge in [0.15, 0.2) is 0 Å². The number of rotatable bonds is 11. The van der Waals surface area contributed by atoms with Crippen LogP contribution in [0.15, 0.2) is 48.5 Å². The van der Waals surface area contributed by atoms with E-state index >= 15 is 0 Å². The SMILES string of the molecule is Cc1cc(C(=O)[O-])cc(C)c1-c1c(C)cc(C(=O)OCCCCOC(=O)c2cc(C)c(-c3c(C)cc(C(=O)O)cc3C)c(C)c2)cc1C. The van der Waals surface area contributed by atoms with E-state index in [1.165, 1.54) is 0 Å². The molecule has 0 atom stereocenters. The molecule has 4 aromatic carbocycles. The zero-order valence-electron chi connectivity index (χ0n) is 28.8. The van der Waals surface area contributed by atoms with Gasteiger partial charge in [-0.05, 0) is 189 Å². The van der Waals surface area contributed by atoms with E-state index in [-0.39, 0.29) is 24.3 Å². The highest BCUT2D eigenvalue weighted by Crippen LogP contribution is 2.36. The molecule has 0 saturated heterocycles. The number of hydrogen-bond acceptors (Lipinski definition) is 7. The maximum absolute atomic E-state index is 12.9. The molecule has 4 rings (SSSR count). The summed E-state index contributed by atoms with van der Waals surface area (Å²) in [5.74, 6) is -3.08. The molecule has 0 aromatic heterocycles. The van der Waals surface area contributed by atoms with E-state index in [4.69, 9.17) is 9.47 Å². The summed E-state index contributed by atoms with van der Waals surface area (Å²) in [5, 5.41) is 20.8. The van der Waals surface area contributed by atoms with Crippen molar-refractivity contribution in [2.24, 2.45) is 0 Å². The minimum absolute atomic E-state index is 0.131. The van der Waals surface area contributed by atoms with Gasteiger partial charge >= 0.3 is 17.9 Å². The highest BCUT2D eigenvalue weighted by atomic mass is 16.5. The first-order chi connectivity index (χ1) is 22.6. The van der Waals surface area contributed by atoms with Crippen molar-refractivity contribution >= 4 is 23.9 Å². The zero-order valence-corrected chi connectivity index (χ0v) is 28.8. The maximum atomic E-state index is 12.9. The molecule has 0 radical (unpaired) electrons. The van der Waals surface area contributed by atoms with Crippen molar-refractivity contribution in [3.8, 4) is 22.3 Å². The average Bonchev–Trinajstić information content (AvgIpc) is 2.99. The van der Waals surface area contributed by atoms with E-state index in [1.807, 2.05) is 55.4 Å². The van der Waals surface area contributed by atoms with E-state index < -0.39 is 23.9 Å². The van der Waals surface area contributed by atoms with E-state index in [9.17, 15) is 29.4 Å². The predicted molar refractivity (Wildman–Crippen MR) is 183 cm³/mol. The lowest BCUT2D eigenvalue weighted by Crippen LogP contribution is -2.22. The lowest BCUT2D eigenvalue weighted by Gasteiger charge is -2.18. The van der Waals surface area contributed by atoms with Gasteiger partial charge in [-0.1, -0.05) is 0 Å². The predicted octanol–water partition coefficient (Wildman–Crippen LogP) is 7.34. The molecule has 0 amide bonds. The Morgan fingerprint density at radius 3 is 0.979 bits per heavy atom. The molecule has 4 aromatic rings. The summed E-state index contributed by atoms with van der Waals surface area (Å²) in [6.07, 6.45) is 1.03. The van der Waals surface area contributed by atoms with Gasteiger partial charge in [0.1, 0.15) is 0 Å². The Morgan fingerprint density at radius 1 is 0.479 bits per heavy atom. The van der Waals surface area contributed by atoms with Crippen molar-refractivity contribution < 1.29 is 38.9 Å². The van der Waals surface area contributed by atoms with Crippen LogP contribution in [-0.4, -0.2) is 42.2 Å². The number of carboxylic acids is 2.